The van der Waals surface area contributed by atoms with Gasteiger partial charge < -0.3 is 29.7 Å². The second kappa shape index (κ2) is 14.7. The maximum Gasteiger partial charge on any atom is 0.409 e. The van der Waals surface area contributed by atoms with E-state index in [1.807, 2.05) is 12.1 Å². The standard InChI is InChI=1S/C31H40N4O7/c1-3-4-18-41-31(39)34-16-14-33(15-17-34)19-22-8-10-23(11-9-22)21-42-27-7-5-6-24-25(27)20-35(30(24)38)26(29(32)37)12-13-28(36)40-2/h5-11,26H,3-4,12-21H2,1-2H3,(H2,32,37). The lowest BCUT2D eigenvalue weighted by molar-refractivity contribution is -0.141. The Morgan fingerprint density at radius 3 is 2.38 bits per heavy atom. The molecule has 0 aromatic heterocycles. The van der Waals surface area contributed by atoms with E-state index in [0.29, 0.717) is 43.2 Å². The van der Waals surface area contributed by atoms with Gasteiger partial charge in [-0.25, -0.2) is 4.79 Å². The van der Waals surface area contributed by atoms with Crippen molar-refractivity contribution >= 4 is 23.9 Å². The van der Waals surface area contributed by atoms with Gasteiger partial charge in [-0.15, -0.1) is 0 Å². The van der Waals surface area contributed by atoms with Gasteiger partial charge in [0.1, 0.15) is 18.4 Å². The average Bonchev–Trinajstić information content (AvgIpc) is 3.33. The number of primary amides is 1. The number of nitrogens with zero attached hydrogens (tertiary/aromatic N) is 3. The van der Waals surface area contributed by atoms with E-state index in [1.54, 1.807) is 23.1 Å². The van der Waals surface area contributed by atoms with E-state index in [-0.39, 0.29) is 31.4 Å². The Hall–Kier alpha value is -4.12. The number of ether oxygens (including phenoxy) is 3. The number of carbonyl (C=O) groups is 4. The van der Waals surface area contributed by atoms with Crippen LogP contribution in [0.3, 0.4) is 0 Å². The van der Waals surface area contributed by atoms with Crippen molar-refractivity contribution in [3.8, 4) is 5.75 Å². The number of fused-ring (bicyclic) bond motifs is 1. The molecule has 2 heterocycles. The van der Waals surface area contributed by atoms with Crippen LogP contribution in [0.4, 0.5) is 4.79 Å². The molecule has 1 saturated heterocycles. The largest absolute Gasteiger partial charge is 0.489 e. The fourth-order valence-electron chi connectivity index (χ4n) is 5.17. The first-order chi connectivity index (χ1) is 20.3. The van der Waals surface area contributed by atoms with E-state index in [0.717, 1.165) is 38.0 Å². The molecule has 2 aromatic carbocycles. The molecule has 11 heteroatoms. The smallest absolute Gasteiger partial charge is 0.409 e. The molecule has 42 heavy (non-hydrogen) atoms. The highest BCUT2D eigenvalue weighted by atomic mass is 16.6. The van der Waals surface area contributed by atoms with Crippen LogP contribution in [0, 0.1) is 0 Å². The molecule has 1 unspecified atom stereocenters. The minimum absolute atomic E-state index is 0.0203. The van der Waals surface area contributed by atoms with Gasteiger partial charge in [-0.2, -0.15) is 0 Å². The van der Waals surface area contributed by atoms with E-state index >= 15 is 0 Å². The first-order valence-electron chi connectivity index (χ1n) is 14.4. The van der Waals surface area contributed by atoms with Crippen LogP contribution in [0.1, 0.15) is 59.7 Å². The average molecular weight is 581 g/mol. The number of hydrogen-bond acceptors (Lipinski definition) is 8. The summed E-state index contributed by atoms with van der Waals surface area (Å²) in [5.41, 5.74) is 8.88. The maximum atomic E-state index is 13.1. The topological polar surface area (TPSA) is 132 Å². The van der Waals surface area contributed by atoms with Crippen LogP contribution in [0.15, 0.2) is 42.5 Å². The van der Waals surface area contributed by atoms with Crippen molar-refractivity contribution in [2.24, 2.45) is 5.73 Å². The zero-order valence-electron chi connectivity index (χ0n) is 24.4. The summed E-state index contributed by atoms with van der Waals surface area (Å²) in [5.74, 6) is -0.894. The molecule has 2 N–H and O–H groups in total. The van der Waals surface area contributed by atoms with Crippen LogP contribution in [-0.4, -0.2) is 84.5 Å². The number of benzene rings is 2. The van der Waals surface area contributed by atoms with Gasteiger partial charge in [0.15, 0.2) is 0 Å². The molecule has 0 spiro atoms. The summed E-state index contributed by atoms with van der Waals surface area (Å²) in [6.45, 7) is 6.72. The second-order valence-electron chi connectivity index (χ2n) is 10.6. The zero-order chi connectivity index (χ0) is 30.1. The highest BCUT2D eigenvalue weighted by molar-refractivity contribution is 6.01. The van der Waals surface area contributed by atoms with Crippen molar-refractivity contribution < 1.29 is 33.4 Å². The Kier molecular flexibility index (Phi) is 10.8. The Bertz CT molecular complexity index is 1260. The summed E-state index contributed by atoms with van der Waals surface area (Å²) >= 11 is 0. The number of nitrogens with two attached hydrogens (primary N) is 1. The highest BCUT2D eigenvalue weighted by Gasteiger charge is 2.37. The van der Waals surface area contributed by atoms with Crippen LogP contribution >= 0.6 is 0 Å². The van der Waals surface area contributed by atoms with Gasteiger partial charge in [0.05, 0.1) is 20.3 Å². The van der Waals surface area contributed by atoms with Crippen LogP contribution in [0.5, 0.6) is 5.75 Å². The molecule has 226 valence electrons. The van der Waals surface area contributed by atoms with Gasteiger partial charge in [0, 0.05) is 50.3 Å². The van der Waals surface area contributed by atoms with Crippen LogP contribution in [0.25, 0.3) is 0 Å². The predicted octanol–water partition coefficient (Wildman–Crippen LogP) is 3.08. The Balaban J connectivity index is 1.29. The van der Waals surface area contributed by atoms with Gasteiger partial charge in [0.2, 0.25) is 5.91 Å². The second-order valence-corrected chi connectivity index (χ2v) is 10.6. The van der Waals surface area contributed by atoms with Crippen molar-refractivity contribution in [1.82, 2.24) is 14.7 Å². The summed E-state index contributed by atoms with van der Waals surface area (Å²) < 4.78 is 16.1. The Labute approximate surface area is 246 Å². The fraction of sp³-hybridized carbons (Fsp3) is 0.484. The normalized spacial score (nSPS) is 15.7. The van der Waals surface area contributed by atoms with Gasteiger partial charge in [0.25, 0.3) is 5.91 Å². The monoisotopic (exact) mass is 580 g/mol. The van der Waals surface area contributed by atoms with E-state index < -0.39 is 17.9 Å². The lowest BCUT2D eigenvalue weighted by Crippen LogP contribution is -2.48. The van der Waals surface area contributed by atoms with E-state index in [1.165, 1.54) is 17.6 Å². The van der Waals surface area contributed by atoms with Crippen molar-refractivity contribution in [3.63, 3.8) is 0 Å². The van der Waals surface area contributed by atoms with Gasteiger partial charge in [-0.05, 0) is 36.1 Å². The molecule has 3 amide bonds. The molecular formula is C31H40N4O7. The summed E-state index contributed by atoms with van der Waals surface area (Å²) in [6.07, 6.45) is 1.73. The maximum absolute atomic E-state index is 13.1. The quantitative estimate of drug-likeness (QED) is 0.283. The number of rotatable bonds is 13. The third-order valence-electron chi connectivity index (χ3n) is 7.68. The highest BCUT2D eigenvalue weighted by Crippen LogP contribution is 2.33. The van der Waals surface area contributed by atoms with Crippen LogP contribution < -0.4 is 10.5 Å². The van der Waals surface area contributed by atoms with Crippen molar-refractivity contribution in [2.45, 2.75) is 58.3 Å². The molecular weight excluding hydrogens is 540 g/mol. The number of amides is 3. The van der Waals surface area contributed by atoms with Crippen LogP contribution in [0.2, 0.25) is 0 Å². The third-order valence-corrected chi connectivity index (χ3v) is 7.68. The summed E-state index contributed by atoms with van der Waals surface area (Å²) in [4.78, 5) is 54.5. The molecule has 0 bridgehead atoms. The summed E-state index contributed by atoms with van der Waals surface area (Å²) in [6, 6.07) is 12.5. The lowest BCUT2D eigenvalue weighted by Gasteiger charge is -2.34. The molecule has 11 nitrogen and oxygen atoms in total. The van der Waals surface area contributed by atoms with Gasteiger partial charge >= 0.3 is 12.1 Å². The lowest BCUT2D eigenvalue weighted by atomic mass is 10.1. The number of carbonyl (C=O) groups excluding carboxylic acids is 4. The fourth-order valence-corrected chi connectivity index (χ4v) is 5.17. The molecule has 0 aliphatic carbocycles. The number of hydrogen-bond donors (Lipinski definition) is 1. The SMILES string of the molecule is CCCCOC(=O)N1CCN(Cc2ccc(COc3cccc4c3CN(C(CCC(=O)OC)C(N)=O)C4=O)cc2)CC1. The van der Waals surface area contributed by atoms with Gasteiger partial charge in [-0.3, -0.25) is 19.3 Å². The van der Waals surface area contributed by atoms with Crippen molar-refractivity contribution in [3.05, 3.63) is 64.7 Å². The molecule has 4 rings (SSSR count). The Morgan fingerprint density at radius 2 is 1.71 bits per heavy atom. The molecule has 1 atom stereocenters. The zero-order valence-corrected chi connectivity index (χ0v) is 24.4. The number of esters is 1. The molecule has 0 radical (unpaired) electrons. The third kappa shape index (κ3) is 7.79. The first kappa shape index (κ1) is 30.8. The molecule has 2 aromatic rings. The van der Waals surface area contributed by atoms with Gasteiger partial charge in [-0.1, -0.05) is 43.7 Å². The predicted molar refractivity (Wildman–Crippen MR) is 154 cm³/mol. The van der Waals surface area contributed by atoms with E-state index in [4.69, 9.17) is 15.2 Å². The summed E-state index contributed by atoms with van der Waals surface area (Å²) in [7, 11) is 1.27. The number of unbranched alkanes of at least 4 members (excludes halogenated alkanes) is 1. The molecule has 1 fully saturated rings. The minimum Gasteiger partial charge on any atom is -0.489 e. The molecule has 0 saturated carbocycles. The first-order valence-corrected chi connectivity index (χ1v) is 14.4. The summed E-state index contributed by atoms with van der Waals surface area (Å²) in [5, 5.41) is 0. The Morgan fingerprint density at radius 1 is 1.00 bits per heavy atom. The number of methoxy groups -OCH3 is 1. The number of piperazine rings is 1. The van der Waals surface area contributed by atoms with Crippen molar-refractivity contribution in [2.75, 3.05) is 39.9 Å². The molecule has 2 aliphatic rings. The van der Waals surface area contributed by atoms with Crippen molar-refractivity contribution in [1.29, 1.82) is 0 Å². The van der Waals surface area contributed by atoms with Crippen LogP contribution in [-0.2, 0) is 38.8 Å². The molecule has 2 aliphatic heterocycles. The van der Waals surface area contributed by atoms with E-state index in [2.05, 4.69) is 28.7 Å². The van der Waals surface area contributed by atoms with E-state index in [9.17, 15) is 19.2 Å². The minimum atomic E-state index is -0.924.